The number of benzene rings is 1. The largest absolute Gasteiger partial charge is 0.478 e. The Hall–Kier alpha value is -2.35. The molecule has 0 aliphatic rings. The van der Waals surface area contributed by atoms with E-state index in [0.717, 1.165) is 12.1 Å². The van der Waals surface area contributed by atoms with Crippen molar-refractivity contribution in [2.24, 2.45) is 0 Å². The van der Waals surface area contributed by atoms with Crippen LogP contribution >= 0.6 is 11.8 Å². The summed E-state index contributed by atoms with van der Waals surface area (Å²) in [7, 11) is 0. The van der Waals surface area contributed by atoms with Crippen molar-refractivity contribution in [2.45, 2.75) is 10.1 Å². The smallest absolute Gasteiger partial charge is 0.336 e. The molecule has 0 aliphatic carbocycles. The third-order valence-corrected chi connectivity index (χ3v) is 3.14. The molecule has 4 N–H and O–H groups in total. The van der Waals surface area contributed by atoms with Crippen LogP contribution in [0.25, 0.3) is 0 Å². The lowest BCUT2D eigenvalue weighted by Crippen LogP contribution is -2.10. The number of rotatable bonds is 3. The lowest BCUT2D eigenvalue weighted by molar-refractivity contribution is 0.0692. The van der Waals surface area contributed by atoms with Crippen LogP contribution in [-0.2, 0) is 0 Å². The highest BCUT2D eigenvalue weighted by molar-refractivity contribution is 7.99. The lowest BCUT2D eigenvalue weighted by Gasteiger charge is -2.06. The van der Waals surface area contributed by atoms with E-state index in [1.165, 1.54) is 12.1 Å². The summed E-state index contributed by atoms with van der Waals surface area (Å²) < 4.78 is 13.7. The Labute approximate surface area is 110 Å². The summed E-state index contributed by atoms with van der Waals surface area (Å²) in [6.45, 7) is 0. The molecule has 1 heterocycles. The average molecular weight is 281 g/mol. The fourth-order valence-corrected chi connectivity index (χ4v) is 2.31. The normalized spacial score (nSPS) is 10.4. The van der Waals surface area contributed by atoms with Gasteiger partial charge < -0.3 is 15.8 Å². The third-order valence-electron chi connectivity index (χ3n) is 2.14. The van der Waals surface area contributed by atoms with Gasteiger partial charge in [0.2, 0.25) is 0 Å². The van der Waals surface area contributed by atoms with E-state index in [2.05, 4.69) is 9.97 Å². The number of carbonyl (C=O) groups is 1. The first-order valence-corrected chi connectivity index (χ1v) is 5.85. The Morgan fingerprint density at radius 1 is 1.47 bits per heavy atom. The monoisotopic (exact) mass is 281 g/mol. The van der Waals surface area contributed by atoms with Crippen LogP contribution in [-0.4, -0.2) is 21.0 Å². The van der Waals surface area contributed by atoms with E-state index in [-0.39, 0.29) is 21.4 Å². The molecule has 8 heteroatoms. The zero-order valence-corrected chi connectivity index (χ0v) is 10.2. The van der Waals surface area contributed by atoms with Crippen LogP contribution in [0.15, 0.2) is 39.1 Å². The Morgan fingerprint density at radius 2 is 2.21 bits per heavy atom. The van der Waals surface area contributed by atoms with Gasteiger partial charge in [0, 0.05) is 6.07 Å². The van der Waals surface area contributed by atoms with Gasteiger partial charge in [-0.1, -0.05) is 6.07 Å². The SMILES string of the molecule is Nc1cc(=O)[nH]c(Sc2c(F)cccc2C(=O)O)n1. The van der Waals surface area contributed by atoms with Crippen LogP contribution in [0.5, 0.6) is 0 Å². The molecule has 2 rings (SSSR count). The Kier molecular flexibility index (Phi) is 3.52. The minimum atomic E-state index is -1.27. The molecule has 19 heavy (non-hydrogen) atoms. The standard InChI is InChI=1S/C11H8FN3O3S/c12-6-3-1-2-5(10(17)18)9(6)19-11-14-7(13)4-8(16)15-11/h1-4H,(H,17,18)(H3,13,14,15,16). The van der Waals surface area contributed by atoms with Crippen molar-refractivity contribution in [3.63, 3.8) is 0 Å². The van der Waals surface area contributed by atoms with Gasteiger partial charge in [-0.3, -0.25) is 4.79 Å². The maximum Gasteiger partial charge on any atom is 0.336 e. The summed E-state index contributed by atoms with van der Waals surface area (Å²) in [6.07, 6.45) is 0. The number of nitrogens with one attached hydrogen (secondary N) is 1. The number of carboxylic acids is 1. The van der Waals surface area contributed by atoms with Crippen LogP contribution in [0.3, 0.4) is 0 Å². The lowest BCUT2D eigenvalue weighted by atomic mass is 10.2. The highest BCUT2D eigenvalue weighted by Crippen LogP contribution is 2.30. The number of hydrogen-bond donors (Lipinski definition) is 3. The minimum absolute atomic E-state index is 0.0256. The van der Waals surface area contributed by atoms with Crippen molar-refractivity contribution >= 4 is 23.5 Å². The first kappa shape index (κ1) is 13.1. The molecule has 0 aliphatic heterocycles. The highest BCUT2D eigenvalue weighted by Gasteiger charge is 2.16. The number of H-pyrrole nitrogens is 1. The van der Waals surface area contributed by atoms with Gasteiger partial charge in [-0.15, -0.1) is 0 Å². The topological polar surface area (TPSA) is 109 Å². The Bertz CT molecular complexity index is 702. The van der Waals surface area contributed by atoms with E-state index in [1.807, 2.05) is 0 Å². The van der Waals surface area contributed by atoms with E-state index in [4.69, 9.17) is 10.8 Å². The van der Waals surface area contributed by atoms with E-state index in [1.54, 1.807) is 0 Å². The number of anilines is 1. The summed E-state index contributed by atoms with van der Waals surface area (Å²) in [5.74, 6) is -2.01. The Morgan fingerprint density at radius 3 is 2.84 bits per heavy atom. The molecule has 0 amide bonds. The molecule has 0 bridgehead atoms. The predicted octanol–water partition coefficient (Wildman–Crippen LogP) is 1.34. The molecular formula is C11H8FN3O3S. The molecule has 1 aromatic carbocycles. The van der Waals surface area contributed by atoms with Crippen LogP contribution in [0.4, 0.5) is 10.2 Å². The molecule has 98 valence electrons. The van der Waals surface area contributed by atoms with E-state index in [0.29, 0.717) is 11.8 Å². The highest BCUT2D eigenvalue weighted by atomic mass is 32.2. The van der Waals surface area contributed by atoms with Crippen molar-refractivity contribution < 1.29 is 14.3 Å². The van der Waals surface area contributed by atoms with Crippen LogP contribution < -0.4 is 11.3 Å². The summed E-state index contributed by atoms with van der Waals surface area (Å²) in [4.78, 5) is 28.2. The van der Waals surface area contributed by atoms with E-state index in [9.17, 15) is 14.0 Å². The zero-order chi connectivity index (χ0) is 14.0. The van der Waals surface area contributed by atoms with Gasteiger partial charge in [0.15, 0.2) is 5.16 Å². The van der Waals surface area contributed by atoms with Crippen molar-refractivity contribution in [3.05, 3.63) is 46.0 Å². The number of hydrogen-bond acceptors (Lipinski definition) is 5. The van der Waals surface area contributed by atoms with Gasteiger partial charge in [-0.2, -0.15) is 0 Å². The van der Waals surface area contributed by atoms with Crippen molar-refractivity contribution in [2.75, 3.05) is 5.73 Å². The fraction of sp³-hybridized carbons (Fsp3) is 0. The van der Waals surface area contributed by atoms with Gasteiger partial charge in [-0.25, -0.2) is 14.2 Å². The molecule has 0 atom stereocenters. The predicted molar refractivity (Wildman–Crippen MR) is 66.8 cm³/mol. The minimum Gasteiger partial charge on any atom is -0.478 e. The number of nitrogens with two attached hydrogens (primary N) is 1. The molecule has 6 nitrogen and oxygen atoms in total. The van der Waals surface area contributed by atoms with Gasteiger partial charge in [0.05, 0.1) is 10.5 Å². The van der Waals surface area contributed by atoms with Gasteiger partial charge in [-0.05, 0) is 23.9 Å². The van der Waals surface area contributed by atoms with Crippen LogP contribution in [0, 0.1) is 5.82 Å². The van der Waals surface area contributed by atoms with Gasteiger partial charge in [0.1, 0.15) is 11.6 Å². The molecule has 0 saturated heterocycles. The fourth-order valence-electron chi connectivity index (χ4n) is 1.38. The van der Waals surface area contributed by atoms with Crippen molar-refractivity contribution in [3.8, 4) is 0 Å². The number of aromatic carboxylic acids is 1. The van der Waals surface area contributed by atoms with E-state index < -0.39 is 17.3 Å². The second-order valence-corrected chi connectivity index (χ2v) is 4.50. The second kappa shape index (κ2) is 5.11. The molecule has 0 saturated carbocycles. The molecule has 0 spiro atoms. The van der Waals surface area contributed by atoms with Crippen molar-refractivity contribution in [1.29, 1.82) is 0 Å². The molecule has 2 aromatic rings. The second-order valence-electron chi connectivity index (χ2n) is 3.50. The third kappa shape index (κ3) is 2.91. The zero-order valence-electron chi connectivity index (χ0n) is 9.38. The maximum absolute atomic E-state index is 13.7. The summed E-state index contributed by atoms with van der Waals surface area (Å²) in [6, 6.07) is 4.75. The summed E-state index contributed by atoms with van der Waals surface area (Å²) in [5, 5.41) is 9.01. The molecule has 0 unspecified atom stereocenters. The van der Waals surface area contributed by atoms with Crippen LogP contribution in [0.1, 0.15) is 10.4 Å². The molecule has 1 aromatic heterocycles. The number of aromatic nitrogens is 2. The number of nitrogen functional groups attached to an aromatic ring is 1. The summed E-state index contributed by atoms with van der Waals surface area (Å²) in [5.41, 5.74) is 4.68. The first-order chi connectivity index (χ1) is 8.97. The average Bonchev–Trinajstić information content (AvgIpc) is 2.30. The first-order valence-electron chi connectivity index (χ1n) is 5.04. The number of nitrogens with zero attached hydrogens (tertiary/aromatic N) is 1. The van der Waals surface area contributed by atoms with E-state index >= 15 is 0 Å². The van der Waals surface area contributed by atoms with Gasteiger partial charge >= 0.3 is 5.97 Å². The maximum atomic E-state index is 13.7. The molecule has 0 radical (unpaired) electrons. The number of halogens is 1. The van der Waals surface area contributed by atoms with Gasteiger partial charge in [0.25, 0.3) is 5.56 Å². The summed E-state index contributed by atoms with van der Waals surface area (Å²) >= 11 is 0.695. The number of carboxylic acid groups (broad SMARTS) is 1. The Balaban J connectivity index is 2.48. The van der Waals surface area contributed by atoms with Crippen LogP contribution in [0.2, 0.25) is 0 Å². The number of aromatic amines is 1. The molecular weight excluding hydrogens is 273 g/mol. The molecule has 0 fully saturated rings. The van der Waals surface area contributed by atoms with Crippen molar-refractivity contribution in [1.82, 2.24) is 9.97 Å². The quantitative estimate of drug-likeness (QED) is 0.732.